The van der Waals surface area contributed by atoms with Gasteiger partial charge in [-0.3, -0.25) is 9.59 Å². The van der Waals surface area contributed by atoms with Crippen molar-refractivity contribution < 1.29 is 23.8 Å². The first-order valence-electron chi connectivity index (χ1n) is 15.6. The van der Waals surface area contributed by atoms with Gasteiger partial charge in [-0.25, -0.2) is 0 Å². The molecule has 0 heterocycles. The molecule has 0 N–H and O–H groups in total. The molecule has 5 aliphatic rings. The average molecular weight is 537 g/mol. The molecule has 5 nitrogen and oxygen atoms in total. The van der Waals surface area contributed by atoms with Gasteiger partial charge in [-0.05, 0) is 94.5 Å². The van der Waals surface area contributed by atoms with Crippen LogP contribution in [0, 0.1) is 29.1 Å². The molecular weight excluding hydrogens is 488 g/mol. The van der Waals surface area contributed by atoms with Gasteiger partial charge in [0.2, 0.25) is 0 Å². The van der Waals surface area contributed by atoms with Crippen LogP contribution in [-0.4, -0.2) is 43.3 Å². The van der Waals surface area contributed by atoms with Crippen LogP contribution in [0.5, 0.6) is 0 Å². The first-order valence-corrected chi connectivity index (χ1v) is 15.6. The maximum atomic E-state index is 13.0. The number of rotatable bonds is 8. The molecule has 0 aromatic carbocycles. The van der Waals surface area contributed by atoms with Crippen LogP contribution in [0.1, 0.15) is 90.4 Å². The largest absolute Gasteiger partial charge is 0.458 e. The van der Waals surface area contributed by atoms with E-state index in [-0.39, 0.29) is 48.0 Å². The van der Waals surface area contributed by atoms with Gasteiger partial charge in [0.05, 0.1) is 24.2 Å². The van der Waals surface area contributed by atoms with Crippen LogP contribution in [0.4, 0.5) is 0 Å². The van der Waals surface area contributed by atoms with E-state index in [9.17, 15) is 9.59 Å². The average Bonchev–Trinajstić information content (AvgIpc) is 2.98. The third-order valence-electron chi connectivity index (χ3n) is 10.3. The lowest BCUT2D eigenvalue weighted by Crippen LogP contribution is -2.41. The zero-order valence-corrected chi connectivity index (χ0v) is 24.0. The summed E-state index contributed by atoms with van der Waals surface area (Å²) in [6.45, 7) is 1.65. The lowest BCUT2D eigenvalue weighted by atomic mass is 9.55. The highest BCUT2D eigenvalue weighted by atomic mass is 16.5. The Hall–Kier alpha value is -1.98. The first-order chi connectivity index (χ1) is 19.0. The van der Waals surface area contributed by atoms with E-state index in [2.05, 4.69) is 24.3 Å². The number of ether oxygens (including phenoxy) is 3. The number of hydrogen-bond acceptors (Lipinski definition) is 5. The number of hydrogen-bond donors (Lipinski definition) is 0. The summed E-state index contributed by atoms with van der Waals surface area (Å²) in [6, 6.07) is 0. The molecule has 5 heteroatoms. The topological polar surface area (TPSA) is 61.8 Å². The molecule has 39 heavy (non-hydrogen) atoms. The van der Waals surface area contributed by atoms with Crippen molar-refractivity contribution in [3.05, 3.63) is 48.6 Å². The summed E-state index contributed by atoms with van der Waals surface area (Å²) in [5.74, 6) is 1.16. The SMILES string of the molecule is COC1C=CC(C2(C3C=CC(OC(=O)C4C=CC(OC5C=CC(C(C)=O)CC5)CC4)CC3)CCCCC2)CC1. The minimum absolute atomic E-state index is 0.0209. The minimum Gasteiger partial charge on any atom is -0.458 e. The lowest BCUT2D eigenvalue weighted by Gasteiger charge is -2.50. The molecule has 1 fully saturated rings. The van der Waals surface area contributed by atoms with Gasteiger partial charge in [0, 0.05) is 13.0 Å². The smallest absolute Gasteiger partial charge is 0.313 e. The highest BCUT2D eigenvalue weighted by Gasteiger charge is 2.45. The van der Waals surface area contributed by atoms with Gasteiger partial charge < -0.3 is 14.2 Å². The number of allylic oxidation sites excluding steroid dienone is 3. The minimum atomic E-state index is -0.189. The van der Waals surface area contributed by atoms with Crippen molar-refractivity contribution in [2.75, 3.05) is 7.11 Å². The Labute approximate surface area is 235 Å². The van der Waals surface area contributed by atoms with Gasteiger partial charge in [-0.15, -0.1) is 0 Å². The van der Waals surface area contributed by atoms with Crippen LogP contribution >= 0.6 is 0 Å². The van der Waals surface area contributed by atoms with Crippen LogP contribution in [0.3, 0.4) is 0 Å². The second-order valence-electron chi connectivity index (χ2n) is 12.6. The molecule has 5 aliphatic carbocycles. The fraction of sp³-hybridized carbons (Fsp3) is 0.706. The Balaban J connectivity index is 1.12. The molecule has 0 saturated heterocycles. The fourth-order valence-electron chi connectivity index (χ4n) is 7.88. The van der Waals surface area contributed by atoms with Crippen LogP contribution in [0.15, 0.2) is 48.6 Å². The van der Waals surface area contributed by atoms with E-state index in [1.165, 1.54) is 38.5 Å². The molecule has 0 aliphatic heterocycles. The molecular formula is C34H48O5. The Morgan fingerprint density at radius 1 is 0.615 bits per heavy atom. The maximum absolute atomic E-state index is 13.0. The van der Waals surface area contributed by atoms with Crippen LogP contribution in [0.2, 0.25) is 0 Å². The van der Waals surface area contributed by atoms with Gasteiger partial charge in [0.1, 0.15) is 11.9 Å². The molecule has 0 aromatic heterocycles. The standard InChI is InChI=1S/C34H48O5/c1-24(35)25-6-14-30(15-7-25)38-31-16-8-26(9-17-31)33(36)39-32-20-12-28(13-21-32)34(22-4-3-5-23-34)27-10-18-29(37-2)19-11-27/h6,8,10,12,14,16,18,20,25-32H,3-5,7,9,11,13,15,17,19,21-23H2,1-2H3. The molecule has 8 unspecified atom stereocenters. The highest BCUT2D eigenvalue weighted by molar-refractivity contribution is 5.80. The predicted molar refractivity (Wildman–Crippen MR) is 153 cm³/mol. The van der Waals surface area contributed by atoms with E-state index in [0.717, 1.165) is 44.9 Å². The molecule has 0 spiro atoms. The number of esters is 1. The van der Waals surface area contributed by atoms with Crippen molar-refractivity contribution in [1.82, 2.24) is 0 Å². The van der Waals surface area contributed by atoms with Crippen molar-refractivity contribution in [3.63, 3.8) is 0 Å². The summed E-state index contributed by atoms with van der Waals surface area (Å²) in [5.41, 5.74) is 0.348. The molecule has 1 saturated carbocycles. The molecule has 0 amide bonds. The van der Waals surface area contributed by atoms with E-state index in [1.807, 2.05) is 31.4 Å². The van der Waals surface area contributed by atoms with E-state index < -0.39 is 0 Å². The van der Waals surface area contributed by atoms with Gasteiger partial charge in [0.25, 0.3) is 0 Å². The third-order valence-corrected chi connectivity index (χ3v) is 10.3. The van der Waals surface area contributed by atoms with Crippen LogP contribution < -0.4 is 0 Å². The number of Topliss-reactive ketones (excluding diaryl/α,β-unsaturated/α-hetero) is 1. The third kappa shape index (κ3) is 6.85. The molecule has 8 atom stereocenters. The monoisotopic (exact) mass is 536 g/mol. The van der Waals surface area contributed by atoms with Crippen molar-refractivity contribution in [1.29, 1.82) is 0 Å². The van der Waals surface area contributed by atoms with E-state index in [4.69, 9.17) is 14.2 Å². The van der Waals surface area contributed by atoms with Crippen molar-refractivity contribution in [2.45, 2.75) is 115 Å². The highest BCUT2D eigenvalue weighted by Crippen LogP contribution is 2.54. The van der Waals surface area contributed by atoms with Crippen molar-refractivity contribution in [3.8, 4) is 0 Å². The zero-order chi connectivity index (χ0) is 27.2. The quantitative estimate of drug-likeness (QED) is 0.245. The maximum Gasteiger partial charge on any atom is 0.313 e. The Morgan fingerprint density at radius 3 is 1.64 bits per heavy atom. The second-order valence-corrected chi connectivity index (χ2v) is 12.6. The number of carbonyl (C=O) groups is 2. The van der Waals surface area contributed by atoms with E-state index in [0.29, 0.717) is 17.3 Å². The molecule has 5 rings (SSSR count). The number of carbonyl (C=O) groups excluding carboxylic acids is 2. The lowest BCUT2D eigenvalue weighted by molar-refractivity contribution is -0.151. The Bertz CT molecular complexity index is 970. The Morgan fingerprint density at radius 2 is 1.15 bits per heavy atom. The molecule has 214 valence electrons. The number of ketones is 1. The van der Waals surface area contributed by atoms with E-state index in [1.54, 1.807) is 6.92 Å². The Kier molecular flexibility index (Phi) is 9.60. The van der Waals surface area contributed by atoms with Gasteiger partial charge in [0.15, 0.2) is 0 Å². The summed E-state index contributed by atoms with van der Waals surface area (Å²) in [7, 11) is 1.81. The van der Waals surface area contributed by atoms with Crippen LogP contribution in [-0.2, 0) is 23.8 Å². The molecule has 0 radical (unpaired) electrons. The predicted octanol–water partition coefficient (Wildman–Crippen LogP) is 7.07. The van der Waals surface area contributed by atoms with Crippen LogP contribution in [0.25, 0.3) is 0 Å². The fourth-order valence-corrected chi connectivity index (χ4v) is 7.88. The second kappa shape index (κ2) is 13.1. The molecule has 0 bridgehead atoms. The first kappa shape index (κ1) is 28.5. The van der Waals surface area contributed by atoms with E-state index >= 15 is 0 Å². The zero-order valence-electron chi connectivity index (χ0n) is 24.0. The van der Waals surface area contributed by atoms with Gasteiger partial charge >= 0.3 is 5.97 Å². The van der Waals surface area contributed by atoms with Crippen molar-refractivity contribution >= 4 is 11.8 Å². The van der Waals surface area contributed by atoms with Gasteiger partial charge in [-0.2, -0.15) is 0 Å². The summed E-state index contributed by atoms with van der Waals surface area (Å²) < 4.78 is 17.8. The summed E-state index contributed by atoms with van der Waals surface area (Å²) in [6.07, 6.45) is 31.9. The summed E-state index contributed by atoms with van der Waals surface area (Å²) >= 11 is 0. The van der Waals surface area contributed by atoms with Gasteiger partial charge in [-0.1, -0.05) is 61.8 Å². The summed E-state index contributed by atoms with van der Waals surface area (Å²) in [5, 5.41) is 0. The summed E-state index contributed by atoms with van der Waals surface area (Å²) in [4.78, 5) is 24.6. The van der Waals surface area contributed by atoms with Crippen molar-refractivity contribution in [2.24, 2.45) is 29.1 Å². The molecule has 0 aromatic rings. The normalized spacial score (nSPS) is 37.9. The number of methoxy groups -OCH3 is 1.